The van der Waals surface area contributed by atoms with E-state index in [-0.39, 0.29) is 0 Å². The zero-order chi connectivity index (χ0) is 9.14. The summed E-state index contributed by atoms with van der Waals surface area (Å²) in [5, 5.41) is 0. The maximum Gasteiger partial charge on any atom is 0.237 e. The summed E-state index contributed by atoms with van der Waals surface area (Å²) in [4.78, 5) is 0. The van der Waals surface area contributed by atoms with E-state index in [1.54, 1.807) is 0 Å². The molecule has 0 saturated carbocycles. The van der Waals surface area contributed by atoms with Crippen molar-refractivity contribution in [3.05, 3.63) is 0 Å². The van der Waals surface area contributed by atoms with Crippen molar-refractivity contribution in [2.24, 2.45) is 0 Å². The first-order chi connectivity index (χ1) is 5.58. The van der Waals surface area contributed by atoms with E-state index in [1.807, 2.05) is 0 Å². The Morgan fingerprint density at radius 1 is 0.500 bits per heavy atom. The van der Waals surface area contributed by atoms with Crippen LogP contribution in [0.25, 0.3) is 0 Å². The highest BCUT2D eigenvalue weighted by Gasteiger charge is 2.19. The predicted octanol–water partition coefficient (Wildman–Crippen LogP) is -2.14. The molecular formula is C4H12N4Si4. The summed E-state index contributed by atoms with van der Waals surface area (Å²) in [7, 11) is 12.0. The molecule has 0 aromatic carbocycles. The molecule has 0 bridgehead atoms. The van der Waals surface area contributed by atoms with Gasteiger partial charge in [0.15, 0.2) is 0 Å². The van der Waals surface area contributed by atoms with Gasteiger partial charge in [-0.05, 0) is 28.2 Å². The van der Waals surface area contributed by atoms with Crippen LogP contribution in [0, 0.1) is 0 Å². The van der Waals surface area contributed by atoms with Crippen LogP contribution in [0.15, 0.2) is 0 Å². The zero-order valence-electron chi connectivity index (χ0n) is 7.79. The largest absolute Gasteiger partial charge is 0.326 e. The molecule has 1 aliphatic rings. The lowest BCUT2D eigenvalue weighted by Gasteiger charge is -2.32. The molecule has 0 atom stereocenters. The highest BCUT2D eigenvalue weighted by atomic mass is 28.4. The third kappa shape index (κ3) is 3.61. The first-order valence-corrected chi connectivity index (χ1v) is 7.16. The van der Waals surface area contributed by atoms with Crippen LogP contribution in [0.3, 0.4) is 0 Å². The molecule has 64 valence electrons. The standard InChI is InChI=1S/C4H12N4Si4/c1-5-9-6(2)11-8(4)12-7(3)10-5/h1-4H3. The maximum atomic E-state index is 2.38. The highest BCUT2D eigenvalue weighted by molar-refractivity contribution is 6.64. The summed E-state index contributed by atoms with van der Waals surface area (Å²) in [5.74, 6) is 0. The van der Waals surface area contributed by atoms with Crippen LogP contribution in [0.4, 0.5) is 0 Å². The fraction of sp³-hybridized carbons (Fsp3) is 1.00. The summed E-state index contributed by atoms with van der Waals surface area (Å²) in [5.41, 5.74) is 0. The van der Waals surface area contributed by atoms with E-state index >= 15 is 0 Å². The number of rotatable bonds is 0. The van der Waals surface area contributed by atoms with Crippen molar-refractivity contribution < 1.29 is 0 Å². The molecule has 0 N–H and O–H groups in total. The average molecular weight is 229 g/mol. The van der Waals surface area contributed by atoms with E-state index in [4.69, 9.17) is 0 Å². The van der Waals surface area contributed by atoms with Gasteiger partial charge in [0.1, 0.15) is 0 Å². The van der Waals surface area contributed by atoms with Crippen molar-refractivity contribution >= 4 is 39.4 Å². The molecule has 1 aliphatic heterocycles. The van der Waals surface area contributed by atoms with Gasteiger partial charge in [-0.1, -0.05) is 0 Å². The van der Waals surface area contributed by atoms with E-state index in [9.17, 15) is 0 Å². The van der Waals surface area contributed by atoms with Crippen LogP contribution in [0.1, 0.15) is 0 Å². The monoisotopic (exact) mass is 228 g/mol. The zero-order valence-corrected chi connectivity index (χ0v) is 11.8. The molecule has 4 nitrogen and oxygen atoms in total. The fourth-order valence-electron chi connectivity index (χ4n) is 0.989. The second-order valence-corrected chi connectivity index (χ2v) is 10.6. The molecule has 0 spiro atoms. The Labute approximate surface area is 84.8 Å². The maximum absolute atomic E-state index is 2.38. The van der Waals surface area contributed by atoms with Crippen molar-refractivity contribution in [2.45, 2.75) is 0 Å². The third-order valence-electron chi connectivity index (χ3n) is 1.20. The lowest BCUT2D eigenvalue weighted by atomic mass is 11.6. The van der Waals surface area contributed by atoms with Gasteiger partial charge in [-0.2, -0.15) is 0 Å². The van der Waals surface area contributed by atoms with E-state index < -0.39 is 0 Å². The summed E-state index contributed by atoms with van der Waals surface area (Å²) in [6.45, 7) is 0. The molecule has 8 radical (unpaired) electrons. The van der Waals surface area contributed by atoms with Gasteiger partial charge in [-0.3, -0.25) is 0 Å². The lowest BCUT2D eigenvalue weighted by Crippen LogP contribution is -2.57. The molecular weight excluding hydrogens is 216 g/mol. The number of nitrogens with zero attached hydrogens (tertiary/aromatic N) is 4. The summed E-state index contributed by atoms with van der Waals surface area (Å²) in [6, 6.07) is 0. The van der Waals surface area contributed by atoms with Crippen molar-refractivity contribution in [1.29, 1.82) is 0 Å². The van der Waals surface area contributed by atoms with Crippen molar-refractivity contribution in [3.8, 4) is 0 Å². The van der Waals surface area contributed by atoms with Crippen LogP contribution < -0.4 is 0 Å². The highest BCUT2D eigenvalue weighted by Crippen LogP contribution is 1.91. The molecule has 0 amide bonds. The van der Waals surface area contributed by atoms with Crippen LogP contribution in [0.2, 0.25) is 0 Å². The average Bonchev–Trinajstić information content (AvgIpc) is 1.81. The van der Waals surface area contributed by atoms with Crippen LogP contribution in [-0.2, 0) is 0 Å². The molecule has 1 saturated heterocycles. The Balaban J connectivity index is 2.45. The van der Waals surface area contributed by atoms with Crippen molar-refractivity contribution in [1.82, 2.24) is 16.9 Å². The number of hydrogen-bond acceptors (Lipinski definition) is 4. The van der Waals surface area contributed by atoms with Crippen molar-refractivity contribution in [3.63, 3.8) is 0 Å². The molecule has 0 unspecified atom stereocenters. The Morgan fingerprint density at radius 3 is 0.833 bits per heavy atom. The van der Waals surface area contributed by atoms with Gasteiger partial charge in [0.2, 0.25) is 39.4 Å². The molecule has 1 fully saturated rings. The molecule has 0 aromatic heterocycles. The lowest BCUT2D eigenvalue weighted by molar-refractivity contribution is 0.600. The van der Waals surface area contributed by atoms with Gasteiger partial charge in [-0.25, -0.2) is 0 Å². The fourth-order valence-corrected chi connectivity index (χ4v) is 8.30. The van der Waals surface area contributed by atoms with Gasteiger partial charge in [0, 0.05) is 0 Å². The van der Waals surface area contributed by atoms with Crippen LogP contribution in [0.5, 0.6) is 0 Å². The van der Waals surface area contributed by atoms with Gasteiger partial charge in [0.25, 0.3) is 0 Å². The minimum absolute atomic E-state index is 0.822. The predicted molar refractivity (Wildman–Crippen MR) is 54.1 cm³/mol. The van der Waals surface area contributed by atoms with Crippen LogP contribution in [-0.4, -0.2) is 84.5 Å². The molecule has 0 aromatic rings. The van der Waals surface area contributed by atoms with Gasteiger partial charge in [-0.15, -0.1) is 0 Å². The normalized spacial score (nSPS) is 27.0. The topological polar surface area (TPSA) is 13.0 Å². The summed E-state index contributed by atoms with van der Waals surface area (Å²) >= 11 is 0. The second kappa shape index (κ2) is 4.81. The first-order valence-electron chi connectivity index (χ1n) is 3.58. The van der Waals surface area contributed by atoms with E-state index in [0.717, 1.165) is 39.4 Å². The first kappa shape index (κ1) is 10.8. The SMILES string of the molecule is CN1[Si]N(C)[Si]N(C)[Si]N(C)[Si]1. The molecule has 1 heterocycles. The smallest absolute Gasteiger partial charge is 0.237 e. The Bertz CT molecular complexity index is 107. The second-order valence-electron chi connectivity index (χ2n) is 2.64. The van der Waals surface area contributed by atoms with Gasteiger partial charge >= 0.3 is 0 Å². The molecule has 0 aliphatic carbocycles. The van der Waals surface area contributed by atoms with Gasteiger partial charge in [0.05, 0.1) is 0 Å². The minimum atomic E-state index is 0.822. The third-order valence-corrected chi connectivity index (χ3v) is 6.00. The Kier molecular flexibility index (Phi) is 4.32. The molecule has 12 heavy (non-hydrogen) atoms. The minimum Gasteiger partial charge on any atom is -0.326 e. The Hall–Kier alpha value is 0.708. The van der Waals surface area contributed by atoms with E-state index in [2.05, 4.69) is 45.1 Å². The summed E-state index contributed by atoms with van der Waals surface area (Å²) < 4.78 is 9.53. The molecule has 1 rings (SSSR count). The quantitative estimate of drug-likeness (QED) is 0.439. The van der Waals surface area contributed by atoms with Crippen LogP contribution >= 0.6 is 0 Å². The van der Waals surface area contributed by atoms with Crippen molar-refractivity contribution in [2.75, 3.05) is 28.2 Å². The van der Waals surface area contributed by atoms with E-state index in [1.165, 1.54) is 0 Å². The Morgan fingerprint density at radius 2 is 0.667 bits per heavy atom. The summed E-state index contributed by atoms with van der Waals surface area (Å²) in [6.07, 6.45) is 0. The molecule has 8 heteroatoms. The van der Waals surface area contributed by atoms with Gasteiger partial charge < -0.3 is 16.9 Å². The van der Waals surface area contributed by atoms with E-state index in [0.29, 0.717) is 0 Å². The number of hydrogen-bond donors (Lipinski definition) is 0.